The molecule has 0 unspecified atom stereocenters. The third-order valence-corrected chi connectivity index (χ3v) is 4.58. The first-order chi connectivity index (χ1) is 11.3. The highest BCUT2D eigenvalue weighted by atomic mass is 32.1. The minimum atomic E-state index is 0.582. The van der Waals surface area contributed by atoms with Crippen LogP contribution in [0.5, 0.6) is 5.75 Å². The molecule has 0 amide bonds. The molecule has 1 heterocycles. The Morgan fingerprint density at radius 2 is 1.96 bits per heavy atom. The van der Waals surface area contributed by atoms with Crippen LogP contribution in [-0.4, -0.2) is 23.8 Å². The normalized spacial score (nSPS) is 10.5. The number of nitrogens with one attached hydrogen (secondary N) is 2. The lowest BCUT2D eigenvalue weighted by atomic mass is 10.1. The summed E-state index contributed by atoms with van der Waals surface area (Å²) in [5.41, 5.74) is 2.14. The molecule has 4 nitrogen and oxygen atoms in total. The summed E-state index contributed by atoms with van der Waals surface area (Å²) in [5.74, 6) is 0.902. The number of rotatable bonds is 5. The Morgan fingerprint density at radius 3 is 2.78 bits per heavy atom. The molecular weight excluding hydrogens is 326 g/mol. The molecule has 23 heavy (non-hydrogen) atoms. The van der Waals surface area contributed by atoms with Gasteiger partial charge in [-0.25, -0.2) is 4.98 Å². The summed E-state index contributed by atoms with van der Waals surface area (Å²) >= 11 is 6.92. The summed E-state index contributed by atoms with van der Waals surface area (Å²) in [4.78, 5) is 4.51. The van der Waals surface area contributed by atoms with E-state index in [1.165, 1.54) is 0 Å². The van der Waals surface area contributed by atoms with Crippen LogP contribution >= 0.6 is 23.6 Å². The van der Waals surface area contributed by atoms with Crippen LogP contribution in [0.25, 0.3) is 10.2 Å². The number of ether oxygens (including phenoxy) is 1. The van der Waals surface area contributed by atoms with Crippen LogP contribution in [0.1, 0.15) is 5.56 Å². The lowest BCUT2D eigenvalue weighted by Crippen LogP contribution is -2.30. The molecule has 0 atom stereocenters. The summed E-state index contributed by atoms with van der Waals surface area (Å²) < 4.78 is 6.49. The SMILES string of the molecule is COc1ccccc1CCNC(=S)Nc1nc2ccccc2s1. The maximum absolute atomic E-state index is 5.35. The average molecular weight is 343 g/mol. The Labute approximate surface area is 144 Å². The lowest BCUT2D eigenvalue weighted by molar-refractivity contribution is 0.409. The first-order valence-corrected chi connectivity index (χ1v) is 8.51. The van der Waals surface area contributed by atoms with Crippen molar-refractivity contribution < 1.29 is 4.74 Å². The van der Waals surface area contributed by atoms with Gasteiger partial charge in [0.05, 0.1) is 17.3 Å². The zero-order valence-corrected chi connectivity index (χ0v) is 14.3. The topological polar surface area (TPSA) is 46.2 Å². The van der Waals surface area contributed by atoms with Crippen molar-refractivity contribution >= 4 is 44.0 Å². The van der Waals surface area contributed by atoms with Crippen LogP contribution in [0.15, 0.2) is 48.5 Å². The van der Waals surface area contributed by atoms with E-state index in [-0.39, 0.29) is 0 Å². The van der Waals surface area contributed by atoms with E-state index < -0.39 is 0 Å². The molecule has 2 N–H and O–H groups in total. The van der Waals surface area contributed by atoms with E-state index in [9.17, 15) is 0 Å². The number of hydrogen-bond donors (Lipinski definition) is 2. The van der Waals surface area contributed by atoms with E-state index in [0.717, 1.165) is 39.6 Å². The fourth-order valence-electron chi connectivity index (χ4n) is 2.29. The van der Waals surface area contributed by atoms with Gasteiger partial charge in [-0.15, -0.1) is 0 Å². The molecule has 0 aliphatic rings. The Hall–Kier alpha value is -2.18. The number of thiazole rings is 1. The van der Waals surface area contributed by atoms with Gasteiger partial charge < -0.3 is 15.4 Å². The molecule has 0 saturated carbocycles. The van der Waals surface area contributed by atoms with Crippen molar-refractivity contribution in [3.8, 4) is 5.75 Å². The maximum Gasteiger partial charge on any atom is 0.190 e. The largest absolute Gasteiger partial charge is 0.496 e. The third-order valence-electron chi connectivity index (χ3n) is 3.39. The number of methoxy groups -OCH3 is 1. The Bertz CT molecular complexity index is 783. The van der Waals surface area contributed by atoms with E-state index >= 15 is 0 Å². The van der Waals surface area contributed by atoms with E-state index in [1.807, 2.05) is 36.4 Å². The monoisotopic (exact) mass is 343 g/mol. The first kappa shape index (κ1) is 15.7. The van der Waals surface area contributed by atoms with Gasteiger partial charge in [0.15, 0.2) is 10.2 Å². The first-order valence-electron chi connectivity index (χ1n) is 7.28. The quantitative estimate of drug-likeness (QED) is 0.689. The molecule has 1 aromatic heterocycles. The van der Waals surface area contributed by atoms with Crippen LogP contribution in [-0.2, 0) is 6.42 Å². The molecule has 6 heteroatoms. The molecule has 0 saturated heterocycles. The van der Waals surface area contributed by atoms with Crippen LogP contribution < -0.4 is 15.4 Å². The number of hydrogen-bond acceptors (Lipinski definition) is 4. The van der Waals surface area contributed by atoms with Crippen LogP contribution in [0, 0.1) is 0 Å². The molecule has 0 bridgehead atoms. The van der Waals surface area contributed by atoms with Crippen molar-refractivity contribution in [3.05, 3.63) is 54.1 Å². The highest BCUT2D eigenvalue weighted by Gasteiger charge is 2.05. The smallest absolute Gasteiger partial charge is 0.190 e. The zero-order valence-electron chi connectivity index (χ0n) is 12.7. The molecule has 0 radical (unpaired) electrons. The second-order valence-corrected chi connectivity index (χ2v) is 6.37. The number of aromatic nitrogens is 1. The van der Waals surface area contributed by atoms with Crippen molar-refractivity contribution in [1.82, 2.24) is 10.3 Å². The molecule has 118 valence electrons. The number of benzene rings is 2. The minimum absolute atomic E-state index is 0.582. The van der Waals surface area contributed by atoms with Gasteiger partial charge in [-0.3, -0.25) is 0 Å². The molecular formula is C17H17N3OS2. The fraction of sp³-hybridized carbons (Fsp3) is 0.176. The number of para-hydroxylation sites is 2. The summed E-state index contributed by atoms with van der Waals surface area (Å²) in [5, 5.41) is 7.74. The molecule has 3 rings (SSSR count). The van der Waals surface area contributed by atoms with Crippen molar-refractivity contribution in [3.63, 3.8) is 0 Å². The summed E-state index contributed by atoms with van der Waals surface area (Å²) in [6.07, 6.45) is 0.839. The predicted octanol–water partition coefficient (Wildman–Crippen LogP) is 3.83. The van der Waals surface area contributed by atoms with Gasteiger partial charge in [-0.05, 0) is 42.4 Å². The fourth-order valence-corrected chi connectivity index (χ4v) is 3.42. The van der Waals surface area contributed by atoms with Crippen molar-refractivity contribution in [2.45, 2.75) is 6.42 Å². The van der Waals surface area contributed by atoms with Crippen LogP contribution in [0.2, 0.25) is 0 Å². The highest BCUT2D eigenvalue weighted by molar-refractivity contribution is 7.80. The van der Waals surface area contributed by atoms with Gasteiger partial charge in [-0.1, -0.05) is 41.7 Å². The van der Waals surface area contributed by atoms with Gasteiger partial charge >= 0.3 is 0 Å². The lowest BCUT2D eigenvalue weighted by Gasteiger charge is -2.10. The Morgan fingerprint density at radius 1 is 1.17 bits per heavy atom. The molecule has 3 aromatic rings. The van der Waals surface area contributed by atoms with E-state index in [1.54, 1.807) is 18.4 Å². The van der Waals surface area contributed by atoms with Crippen molar-refractivity contribution in [1.29, 1.82) is 0 Å². The van der Waals surface area contributed by atoms with E-state index in [0.29, 0.717) is 5.11 Å². The third kappa shape index (κ3) is 3.97. The second kappa shape index (κ2) is 7.39. The van der Waals surface area contributed by atoms with Crippen molar-refractivity contribution in [2.24, 2.45) is 0 Å². The number of thiocarbonyl (C=S) groups is 1. The molecule has 2 aromatic carbocycles. The second-order valence-electron chi connectivity index (χ2n) is 4.93. The zero-order chi connectivity index (χ0) is 16.1. The van der Waals surface area contributed by atoms with Gasteiger partial charge in [0, 0.05) is 6.54 Å². The highest BCUT2D eigenvalue weighted by Crippen LogP contribution is 2.25. The van der Waals surface area contributed by atoms with Crippen LogP contribution in [0.4, 0.5) is 5.13 Å². The minimum Gasteiger partial charge on any atom is -0.496 e. The molecule has 0 spiro atoms. The summed E-state index contributed by atoms with van der Waals surface area (Å²) in [6.45, 7) is 0.733. The summed E-state index contributed by atoms with van der Waals surface area (Å²) in [7, 11) is 1.69. The summed E-state index contributed by atoms with van der Waals surface area (Å²) in [6, 6.07) is 16.0. The molecule has 0 aliphatic carbocycles. The predicted molar refractivity (Wildman–Crippen MR) is 101 cm³/mol. The van der Waals surface area contributed by atoms with Crippen molar-refractivity contribution in [2.75, 3.05) is 19.0 Å². The Kier molecular flexibility index (Phi) is 5.05. The number of fused-ring (bicyclic) bond motifs is 1. The van der Waals surface area contributed by atoms with Gasteiger partial charge in [0.1, 0.15) is 5.75 Å². The average Bonchev–Trinajstić information content (AvgIpc) is 2.97. The van der Waals surface area contributed by atoms with Gasteiger partial charge in [0.2, 0.25) is 0 Å². The molecule has 0 aliphatic heterocycles. The van der Waals surface area contributed by atoms with Gasteiger partial charge in [0.25, 0.3) is 0 Å². The van der Waals surface area contributed by atoms with Crippen LogP contribution in [0.3, 0.4) is 0 Å². The van der Waals surface area contributed by atoms with Gasteiger partial charge in [-0.2, -0.15) is 0 Å². The van der Waals surface area contributed by atoms with E-state index in [4.69, 9.17) is 17.0 Å². The number of anilines is 1. The maximum atomic E-state index is 5.35. The molecule has 0 fully saturated rings. The standard InChI is InChI=1S/C17H17N3OS2/c1-21-14-8-4-2-6-12(14)10-11-18-16(22)20-17-19-13-7-3-5-9-15(13)23-17/h2-9H,10-11H2,1H3,(H2,18,19,20,22). The Balaban J connectivity index is 1.53. The number of nitrogens with zero attached hydrogens (tertiary/aromatic N) is 1. The van der Waals surface area contributed by atoms with E-state index in [2.05, 4.69) is 27.8 Å².